The Morgan fingerprint density at radius 1 is 1.56 bits per heavy atom. The molecule has 0 radical (unpaired) electrons. The molecule has 1 aromatic carbocycles. The maximum atomic E-state index is 11.6. The number of fused-ring (bicyclic) bond motifs is 1. The van der Waals surface area contributed by atoms with E-state index >= 15 is 0 Å². The minimum Gasteiger partial charge on any atom is -0.324 e. The molecule has 1 heterocycles. The van der Waals surface area contributed by atoms with Crippen LogP contribution in [0.25, 0.3) is 0 Å². The zero-order chi connectivity index (χ0) is 13.3. The number of nitrogens with two attached hydrogens (primary N) is 2. The maximum absolute atomic E-state index is 11.6. The van der Waals surface area contributed by atoms with Crippen molar-refractivity contribution in [3.05, 3.63) is 29.3 Å². The van der Waals surface area contributed by atoms with E-state index in [0.29, 0.717) is 6.42 Å². The maximum Gasteiger partial charge on any atom is 0.235 e. The summed E-state index contributed by atoms with van der Waals surface area (Å²) in [4.78, 5) is 24.3. The van der Waals surface area contributed by atoms with Gasteiger partial charge in [-0.3, -0.25) is 15.0 Å². The lowest BCUT2D eigenvalue weighted by atomic mass is 10.0. The highest BCUT2D eigenvalue weighted by Gasteiger charge is 2.24. The van der Waals surface area contributed by atoms with Crippen molar-refractivity contribution in [2.75, 3.05) is 11.9 Å². The normalized spacial score (nSPS) is 15.5. The number of carbonyl (C=O) groups excluding carboxylic acids is 2. The number of nitrogens with zero attached hydrogens (tertiary/aromatic N) is 1. The third kappa shape index (κ3) is 2.20. The van der Waals surface area contributed by atoms with Crippen LogP contribution in [0.15, 0.2) is 18.2 Å². The van der Waals surface area contributed by atoms with Gasteiger partial charge in [-0.15, -0.1) is 0 Å². The largest absolute Gasteiger partial charge is 0.324 e. The molecule has 0 saturated carbocycles. The molecule has 0 fully saturated rings. The second-order valence-corrected chi connectivity index (χ2v) is 4.40. The van der Waals surface area contributed by atoms with Gasteiger partial charge in [0.15, 0.2) is 0 Å². The van der Waals surface area contributed by atoms with E-state index in [0.717, 1.165) is 16.8 Å². The summed E-state index contributed by atoms with van der Waals surface area (Å²) in [5.41, 5.74) is 10.7. The summed E-state index contributed by atoms with van der Waals surface area (Å²) < 4.78 is 0. The van der Waals surface area contributed by atoms with Gasteiger partial charge in [-0.2, -0.15) is 0 Å². The van der Waals surface area contributed by atoms with Gasteiger partial charge >= 0.3 is 0 Å². The van der Waals surface area contributed by atoms with Gasteiger partial charge in [0, 0.05) is 25.2 Å². The van der Waals surface area contributed by atoms with Gasteiger partial charge in [0.25, 0.3) is 0 Å². The second-order valence-electron chi connectivity index (χ2n) is 4.40. The standard InChI is InChI=1S/C12H16N4O2/c1-16-10-3-2-7(4-8(10)5-12(16)18)9(13)6-11(17)15-14/h2-4,9H,5-6,13-14H2,1H3,(H,15,17). The van der Waals surface area contributed by atoms with E-state index in [1.807, 2.05) is 18.2 Å². The Bertz CT molecular complexity index is 501. The number of benzene rings is 1. The van der Waals surface area contributed by atoms with Crippen molar-refractivity contribution in [3.63, 3.8) is 0 Å². The van der Waals surface area contributed by atoms with Gasteiger partial charge in [0.05, 0.1) is 6.42 Å². The van der Waals surface area contributed by atoms with Gasteiger partial charge in [0.2, 0.25) is 11.8 Å². The molecule has 2 rings (SSSR count). The first-order chi connectivity index (χ1) is 8.52. The Labute approximate surface area is 105 Å². The first kappa shape index (κ1) is 12.5. The van der Waals surface area contributed by atoms with Crippen LogP contribution in [0.1, 0.15) is 23.6 Å². The van der Waals surface area contributed by atoms with Crippen molar-refractivity contribution in [2.24, 2.45) is 11.6 Å². The number of amides is 2. The Morgan fingerprint density at radius 2 is 2.28 bits per heavy atom. The highest BCUT2D eigenvalue weighted by Crippen LogP contribution is 2.30. The van der Waals surface area contributed by atoms with E-state index in [1.54, 1.807) is 11.9 Å². The number of likely N-dealkylation sites (N-methyl/N-ethyl adjacent to an activating group) is 1. The van der Waals surface area contributed by atoms with Crippen LogP contribution >= 0.6 is 0 Å². The van der Waals surface area contributed by atoms with Crippen LogP contribution in [0.2, 0.25) is 0 Å². The molecular formula is C12H16N4O2. The van der Waals surface area contributed by atoms with Gasteiger partial charge in [0.1, 0.15) is 0 Å². The number of rotatable bonds is 3. The zero-order valence-corrected chi connectivity index (χ0v) is 10.1. The summed E-state index contributed by atoms with van der Waals surface area (Å²) in [6.45, 7) is 0. The van der Waals surface area contributed by atoms with Crippen LogP contribution in [0.3, 0.4) is 0 Å². The molecule has 1 aliphatic heterocycles. The molecule has 0 bridgehead atoms. The number of hydrogen-bond acceptors (Lipinski definition) is 4. The van der Waals surface area contributed by atoms with Crippen molar-refractivity contribution < 1.29 is 9.59 Å². The minimum absolute atomic E-state index is 0.0652. The lowest BCUT2D eigenvalue weighted by molar-refractivity contribution is -0.121. The van der Waals surface area contributed by atoms with Crippen LogP contribution in [0, 0.1) is 0 Å². The molecule has 1 unspecified atom stereocenters. The number of anilines is 1. The summed E-state index contributed by atoms with van der Waals surface area (Å²) in [6, 6.07) is 5.16. The molecule has 0 aromatic heterocycles. The molecular weight excluding hydrogens is 232 g/mol. The second kappa shape index (κ2) is 4.75. The van der Waals surface area contributed by atoms with Crippen molar-refractivity contribution in [2.45, 2.75) is 18.9 Å². The Kier molecular flexibility index (Phi) is 3.31. The number of hydrazine groups is 1. The predicted molar refractivity (Wildman–Crippen MR) is 67.4 cm³/mol. The molecule has 18 heavy (non-hydrogen) atoms. The van der Waals surface area contributed by atoms with E-state index in [4.69, 9.17) is 11.6 Å². The van der Waals surface area contributed by atoms with Crippen LogP contribution in [0.4, 0.5) is 5.69 Å². The Hall–Kier alpha value is -1.92. The first-order valence-electron chi connectivity index (χ1n) is 5.67. The van der Waals surface area contributed by atoms with E-state index in [2.05, 4.69) is 5.43 Å². The summed E-state index contributed by atoms with van der Waals surface area (Å²) in [7, 11) is 1.75. The highest BCUT2D eigenvalue weighted by atomic mass is 16.2. The monoisotopic (exact) mass is 248 g/mol. The van der Waals surface area contributed by atoms with E-state index in [9.17, 15) is 9.59 Å². The first-order valence-corrected chi connectivity index (χ1v) is 5.67. The number of nitrogens with one attached hydrogen (secondary N) is 1. The van der Waals surface area contributed by atoms with Gasteiger partial charge in [-0.25, -0.2) is 5.84 Å². The smallest absolute Gasteiger partial charge is 0.235 e. The highest BCUT2D eigenvalue weighted by molar-refractivity contribution is 6.00. The van der Waals surface area contributed by atoms with Gasteiger partial charge in [-0.05, 0) is 17.2 Å². The molecule has 2 amide bonds. The topological polar surface area (TPSA) is 101 Å². The van der Waals surface area contributed by atoms with Gasteiger partial charge < -0.3 is 10.6 Å². The lowest BCUT2D eigenvalue weighted by Crippen LogP contribution is -2.32. The number of hydrogen-bond donors (Lipinski definition) is 3. The van der Waals surface area contributed by atoms with E-state index in [1.165, 1.54) is 0 Å². The van der Waals surface area contributed by atoms with Gasteiger partial charge in [-0.1, -0.05) is 12.1 Å². The molecule has 96 valence electrons. The fraction of sp³-hybridized carbons (Fsp3) is 0.333. The molecule has 1 aliphatic rings. The molecule has 0 saturated heterocycles. The van der Waals surface area contributed by atoms with Crippen molar-refractivity contribution >= 4 is 17.5 Å². The molecule has 6 nitrogen and oxygen atoms in total. The van der Waals surface area contributed by atoms with Crippen LogP contribution in [0.5, 0.6) is 0 Å². The van der Waals surface area contributed by atoms with Crippen LogP contribution in [-0.4, -0.2) is 18.9 Å². The van der Waals surface area contributed by atoms with Crippen molar-refractivity contribution in [1.29, 1.82) is 0 Å². The fourth-order valence-electron chi connectivity index (χ4n) is 2.10. The molecule has 0 spiro atoms. The van der Waals surface area contributed by atoms with E-state index < -0.39 is 6.04 Å². The molecule has 1 aromatic rings. The van der Waals surface area contributed by atoms with Crippen LogP contribution in [-0.2, 0) is 16.0 Å². The zero-order valence-electron chi connectivity index (χ0n) is 10.1. The summed E-state index contributed by atoms with van der Waals surface area (Å²) in [5.74, 6) is 4.77. The average molecular weight is 248 g/mol. The number of carbonyl (C=O) groups is 2. The third-order valence-corrected chi connectivity index (χ3v) is 3.18. The minimum atomic E-state index is -0.417. The molecule has 5 N–H and O–H groups in total. The Balaban J connectivity index is 2.20. The molecule has 0 aliphatic carbocycles. The molecule has 1 atom stereocenters. The SMILES string of the molecule is CN1C(=O)Cc2cc(C(N)CC(=O)NN)ccc21. The predicted octanol–water partition coefficient (Wildman–Crippen LogP) is -0.415. The summed E-state index contributed by atoms with van der Waals surface area (Å²) in [5, 5.41) is 0. The van der Waals surface area contributed by atoms with Crippen molar-refractivity contribution in [1.82, 2.24) is 5.43 Å². The molecule has 6 heteroatoms. The quantitative estimate of drug-likeness (QED) is 0.384. The summed E-state index contributed by atoms with van der Waals surface area (Å²) in [6.07, 6.45) is 0.508. The third-order valence-electron chi connectivity index (χ3n) is 3.18. The fourth-order valence-corrected chi connectivity index (χ4v) is 2.10. The summed E-state index contributed by atoms with van der Waals surface area (Å²) >= 11 is 0. The average Bonchev–Trinajstić information content (AvgIpc) is 2.64. The van der Waals surface area contributed by atoms with E-state index in [-0.39, 0.29) is 18.2 Å². The van der Waals surface area contributed by atoms with Crippen LogP contribution < -0.4 is 21.9 Å². The Morgan fingerprint density at radius 3 is 2.94 bits per heavy atom. The lowest BCUT2D eigenvalue weighted by Gasteiger charge is -2.14. The van der Waals surface area contributed by atoms with Crippen molar-refractivity contribution in [3.8, 4) is 0 Å².